The number of ether oxygens (including phenoxy) is 1. The number of carbonyl (C=O) groups is 2. The van der Waals surface area contributed by atoms with Crippen LogP contribution in [0.5, 0.6) is 0 Å². The molecule has 0 radical (unpaired) electrons. The number of oxazole rings is 1. The number of benzene rings is 2. The van der Waals surface area contributed by atoms with Crippen LogP contribution in [0.25, 0.3) is 11.5 Å². The third kappa shape index (κ3) is 5.04. The van der Waals surface area contributed by atoms with Gasteiger partial charge in [0.1, 0.15) is 18.6 Å². The summed E-state index contributed by atoms with van der Waals surface area (Å²) in [5.74, 6) is -0.138. The van der Waals surface area contributed by atoms with Crippen molar-refractivity contribution in [3.05, 3.63) is 77.7 Å². The van der Waals surface area contributed by atoms with Crippen molar-refractivity contribution in [1.29, 1.82) is 0 Å². The van der Waals surface area contributed by atoms with Gasteiger partial charge in [0, 0.05) is 17.7 Å². The topological polar surface area (TPSA) is 81.4 Å². The van der Waals surface area contributed by atoms with E-state index in [9.17, 15) is 9.59 Å². The molecule has 0 aliphatic rings. The van der Waals surface area contributed by atoms with Gasteiger partial charge in [0.2, 0.25) is 5.89 Å². The van der Waals surface area contributed by atoms with E-state index in [0.29, 0.717) is 17.1 Å². The maximum atomic E-state index is 12.1. The lowest BCUT2D eigenvalue weighted by atomic mass is 10.1. The summed E-state index contributed by atoms with van der Waals surface area (Å²) in [4.78, 5) is 28.2. The van der Waals surface area contributed by atoms with Gasteiger partial charge in [-0.1, -0.05) is 36.4 Å². The van der Waals surface area contributed by atoms with Crippen LogP contribution in [0.4, 0.5) is 0 Å². The zero-order chi connectivity index (χ0) is 19.1. The minimum atomic E-state index is -0.413. The van der Waals surface area contributed by atoms with Gasteiger partial charge in [0.15, 0.2) is 0 Å². The first-order valence-corrected chi connectivity index (χ1v) is 8.63. The largest absolute Gasteiger partial charge is 0.459 e. The number of hydrogen-bond donors (Lipinski definition) is 1. The smallest absolute Gasteiger partial charge is 0.307 e. The second kappa shape index (κ2) is 8.80. The van der Waals surface area contributed by atoms with Gasteiger partial charge >= 0.3 is 5.97 Å². The zero-order valence-electron chi connectivity index (χ0n) is 15.0. The molecule has 0 spiro atoms. The van der Waals surface area contributed by atoms with Crippen molar-refractivity contribution in [2.75, 3.05) is 6.54 Å². The molecule has 0 aliphatic carbocycles. The van der Waals surface area contributed by atoms with Crippen LogP contribution >= 0.6 is 0 Å². The molecule has 3 aromatic rings. The van der Waals surface area contributed by atoms with Crippen molar-refractivity contribution in [2.45, 2.75) is 20.0 Å². The van der Waals surface area contributed by atoms with Crippen molar-refractivity contribution in [3.8, 4) is 11.5 Å². The fourth-order valence-electron chi connectivity index (χ4n) is 2.51. The van der Waals surface area contributed by atoms with E-state index in [-0.39, 0.29) is 25.5 Å². The van der Waals surface area contributed by atoms with E-state index < -0.39 is 5.97 Å². The lowest BCUT2D eigenvalue weighted by molar-refractivity contribution is -0.144. The first-order chi connectivity index (χ1) is 13.1. The van der Waals surface area contributed by atoms with Gasteiger partial charge in [0.05, 0.1) is 6.42 Å². The van der Waals surface area contributed by atoms with Crippen LogP contribution in [0.15, 0.2) is 65.3 Å². The third-order valence-electron chi connectivity index (χ3n) is 3.96. The highest BCUT2D eigenvalue weighted by Crippen LogP contribution is 2.18. The van der Waals surface area contributed by atoms with Crippen LogP contribution in [-0.4, -0.2) is 23.4 Å². The molecule has 6 nitrogen and oxygen atoms in total. The van der Waals surface area contributed by atoms with E-state index in [1.807, 2.05) is 49.4 Å². The number of rotatable bonds is 7. The quantitative estimate of drug-likeness (QED) is 0.649. The van der Waals surface area contributed by atoms with Crippen LogP contribution in [0.2, 0.25) is 0 Å². The number of nitrogens with zero attached hydrogens (tertiary/aromatic N) is 1. The second-order valence-electron chi connectivity index (χ2n) is 5.99. The number of aryl methyl sites for hydroxylation is 1. The van der Waals surface area contributed by atoms with Gasteiger partial charge in [-0.15, -0.1) is 0 Å². The number of esters is 1. The van der Waals surface area contributed by atoms with Crippen molar-refractivity contribution in [3.63, 3.8) is 0 Å². The molecular formula is C21H20N2O4. The van der Waals surface area contributed by atoms with Crippen LogP contribution in [-0.2, 0) is 16.1 Å². The molecule has 1 N–H and O–H groups in total. The first kappa shape index (κ1) is 18.4. The van der Waals surface area contributed by atoms with E-state index in [0.717, 1.165) is 11.1 Å². The Labute approximate surface area is 157 Å². The molecule has 0 fully saturated rings. The van der Waals surface area contributed by atoms with E-state index >= 15 is 0 Å². The maximum absolute atomic E-state index is 12.1. The summed E-state index contributed by atoms with van der Waals surface area (Å²) in [5.41, 5.74) is 2.87. The van der Waals surface area contributed by atoms with Crippen LogP contribution < -0.4 is 5.32 Å². The number of aromatic nitrogens is 1. The van der Waals surface area contributed by atoms with Gasteiger partial charge in [-0.25, -0.2) is 4.98 Å². The van der Waals surface area contributed by atoms with E-state index in [1.54, 1.807) is 12.1 Å². The Morgan fingerprint density at radius 2 is 1.81 bits per heavy atom. The summed E-state index contributed by atoms with van der Waals surface area (Å²) in [6, 6.07) is 16.8. The highest BCUT2D eigenvalue weighted by molar-refractivity contribution is 5.95. The van der Waals surface area contributed by atoms with Gasteiger partial charge in [0.25, 0.3) is 5.91 Å². The van der Waals surface area contributed by atoms with E-state index in [4.69, 9.17) is 9.15 Å². The summed E-state index contributed by atoms with van der Waals surface area (Å²) < 4.78 is 10.6. The fourth-order valence-corrected chi connectivity index (χ4v) is 2.51. The molecule has 0 aliphatic heterocycles. The van der Waals surface area contributed by atoms with E-state index in [2.05, 4.69) is 10.3 Å². The van der Waals surface area contributed by atoms with Crippen molar-refractivity contribution >= 4 is 11.9 Å². The molecule has 2 aromatic carbocycles. The molecule has 27 heavy (non-hydrogen) atoms. The Morgan fingerprint density at radius 1 is 1.07 bits per heavy atom. The first-order valence-electron chi connectivity index (χ1n) is 8.63. The summed E-state index contributed by atoms with van der Waals surface area (Å²) in [7, 11) is 0. The van der Waals surface area contributed by atoms with Crippen molar-refractivity contribution in [1.82, 2.24) is 10.3 Å². The maximum Gasteiger partial charge on any atom is 0.307 e. The summed E-state index contributed by atoms with van der Waals surface area (Å²) in [6.07, 6.45) is 1.55. The number of nitrogens with one attached hydrogen (secondary N) is 1. The van der Waals surface area contributed by atoms with Crippen LogP contribution in [0.1, 0.15) is 28.0 Å². The number of amides is 1. The minimum absolute atomic E-state index is 0.0287. The summed E-state index contributed by atoms with van der Waals surface area (Å²) >= 11 is 0. The molecule has 6 heteroatoms. The Morgan fingerprint density at radius 3 is 2.59 bits per heavy atom. The summed E-state index contributed by atoms with van der Waals surface area (Å²) in [5, 5.41) is 2.72. The molecular weight excluding hydrogens is 344 g/mol. The van der Waals surface area contributed by atoms with Crippen molar-refractivity contribution < 1.29 is 18.7 Å². The Balaban J connectivity index is 1.42. The van der Waals surface area contributed by atoms with Crippen molar-refractivity contribution in [2.24, 2.45) is 0 Å². The predicted octanol–water partition coefficient (Wildman–Crippen LogP) is 3.51. The van der Waals surface area contributed by atoms with Gasteiger partial charge in [-0.3, -0.25) is 9.59 Å². The SMILES string of the molecule is Cc1ccccc1C(=O)NCCC(=O)OCc1coc(-c2ccccc2)n1. The molecule has 0 bridgehead atoms. The number of carbonyl (C=O) groups excluding carboxylic acids is 2. The monoisotopic (exact) mass is 364 g/mol. The van der Waals surface area contributed by atoms with Gasteiger partial charge in [-0.05, 0) is 30.7 Å². The number of hydrogen-bond acceptors (Lipinski definition) is 5. The second-order valence-corrected chi connectivity index (χ2v) is 5.99. The normalized spacial score (nSPS) is 10.4. The van der Waals surface area contributed by atoms with Gasteiger partial charge in [-0.2, -0.15) is 0 Å². The van der Waals surface area contributed by atoms with Gasteiger partial charge < -0.3 is 14.5 Å². The third-order valence-corrected chi connectivity index (χ3v) is 3.96. The van der Waals surface area contributed by atoms with E-state index in [1.165, 1.54) is 6.26 Å². The molecule has 0 atom stereocenters. The molecule has 0 saturated carbocycles. The molecule has 0 unspecified atom stereocenters. The summed E-state index contributed by atoms with van der Waals surface area (Å²) in [6.45, 7) is 2.10. The Hall–Kier alpha value is -3.41. The standard InChI is InChI=1S/C21H20N2O4/c1-15-7-5-6-10-18(15)20(25)22-12-11-19(24)26-13-17-14-27-21(23-17)16-8-3-2-4-9-16/h2-10,14H,11-13H2,1H3,(H,22,25). The fraction of sp³-hybridized carbons (Fsp3) is 0.190. The molecule has 3 rings (SSSR count). The average molecular weight is 364 g/mol. The zero-order valence-corrected chi connectivity index (χ0v) is 15.0. The predicted molar refractivity (Wildman–Crippen MR) is 99.9 cm³/mol. The Kier molecular flexibility index (Phi) is 5.99. The average Bonchev–Trinajstić information content (AvgIpc) is 3.16. The molecule has 1 heterocycles. The lowest BCUT2D eigenvalue weighted by Crippen LogP contribution is -2.27. The lowest BCUT2D eigenvalue weighted by Gasteiger charge is -2.07. The molecule has 1 amide bonds. The van der Waals surface area contributed by atoms with Crippen LogP contribution in [0, 0.1) is 6.92 Å². The minimum Gasteiger partial charge on any atom is -0.459 e. The molecule has 1 aromatic heterocycles. The molecule has 138 valence electrons. The Bertz CT molecular complexity index is 919. The highest BCUT2D eigenvalue weighted by atomic mass is 16.5. The van der Waals surface area contributed by atoms with Crippen LogP contribution in [0.3, 0.4) is 0 Å². The highest BCUT2D eigenvalue weighted by Gasteiger charge is 2.11. The molecule has 0 saturated heterocycles.